The lowest BCUT2D eigenvalue weighted by Crippen LogP contribution is -2.11. The third-order valence-corrected chi connectivity index (χ3v) is 2.64. The van der Waals surface area contributed by atoms with Crippen LogP contribution >= 0.6 is 11.6 Å². The van der Waals surface area contributed by atoms with Gasteiger partial charge in [0.1, 0.15) is 5.15 Å². The molecule has 2 aromatic rings. The molecule has 0 aromatic carbocycles. The number of nitrogens with one attached hydrogen (secondary N) is 1. The number of rotatable bonds is 4. The zero-order chi connectivity index (χ0) is 15.5. The second-order valence-electron chi connectivity index (χ2n) is 3.98. The zero-order valence-corrected chi connectivity index (χ0v) is 11.1. The van der Waals surface area contributed by atoms with E-state index in [1.165, 1.54) is 6.07 Å². The molecule has 0 fully saturated rings. The van der Waals surface area contributed by atoms with Crippen molar-refractivity contribution >= 4 is 18.0 Å². The minimum absolute atomic E-state index is 0.148. The highest BCUT2D eigenvalue weighted by Crippen LogP contribution is 2.27. The monoisotopic (exact) mass is 316 g/mol. The Balaban J connectivity index is 2.33. The van der Waals surface area contributed by atoms with Gasteiger partial charge in [0.2, 0.25) is 12.2 Å². The van der Waals surface area contributed by atoms with Crippen molar-refractivity contribution in [2.24, 2.45) is 0 Å². The van der Waals surface area contributed by atoms with Crippen molar-refractivity contribution < 1.29 is 18.0 Å². The normalized spacial score (nSPS) is 11.2. The smallest absolute Gasteiger partial charge is 0.355 e. The molecule has 9 heteroatoms. The molecule has 2 aromatic heterocycles. The van der Waals surface area contributed by atoms with E-state index in [0.29, 0.717) is 17.7 Å². The van der Waals surface area contributed by atoms with Gasteiger partial charge in [-0.3, -0.25) is 4.79 Å². The fourth-order valence-electron chi connectivity index (χ4n) is 1.57. The van der Waals surface area contributed by atoms with Crippen LogP contribution in [-0.4, -0.2) is 21.4 Å². The van der Waals surface area contributed by atoms with Crippen molar-refractivity contribution in [3.8, 4) is 11.3 Å². The van der Waals surface area contributed by atoms with Crippen LogP contribution in [0.1, 0.15) is 11.4 Å². The van der Waals surface area contributed by atoms with E-state index in [9.17, 15) is 18.0 Å². The fraction of sp³-hybridized carbons (Fsp3) is 0.167. The Morgan fingerprint density at radius 3 is 2.48 bits per heavy atom. The first-order valence-electron chi connectivity index (χ1n) is 5.63. The standard InChI is InChI=1S/C12H8ClF3N4O/c13-10-2-7(3-17-6-21)1-9(20-10)8-4-18-11(19-5-8)12(14,15)16/h1-2,4-6H,3H2,(H,17,21). The molecule has 0 radical (unpaired) electrons. The van der Waals surface area contributed by atoms with E-state index < -0.39 is 12.0 Å². The first-order chi connectivity index (χ1) is 9.90. The first-order valence-corrected chi connectivity index (χ1v) is 6.01. The van der Waals surface area contributed by atoms with Crippen molar-refractivity contribution in [2.45, 2.75) is 12.7 Å². The summed E-state index contributed by atoms with van der Waals surface area (Å²) in [5.74, 6) is -1.23. The molecule has 1 N–H and O–H groups in total. The molecule has 0 atom stereocenters. The van der Waals surface area contributed by atoms with Crippen LogP contribution < -0.4 is 5.32 Å². The zero-order valence-electron chi connectivity index (χ0n) is 10.4. The van der Waals surface area contributed by atoms with E-state index in [-0.39, 0.29) is 17.3 Å². The van der Waals surface area contributed by atoms with Gasteiger partial charge >= 0.3 is 6.18 Å². The van der Waals surface area contributed by atoms with Crippen molar-refractivity contribution in [2.75, 3.05) is 0 Å². The van der Waals surface area contributed by atoms with Gasteiger partial charge in [0.15, 0.2) is 0 Å². The number of halogens is 4. The maximum atomic E-state index is 12.4. The van der Waals surface area contributed by atoms with Crippen molar-refractivity contribution in [3.05, 3.63) is 41.1 Å². The van der Waals surface area contributed by atoms with Gasteiger partial charge in [-0.15, -0.1) is 0 Å². The topological polar surface area (TPSA) is 67.8 Å². The maximum absolute atomic E-state index is 12.4. The number of alkyl halides is 3. The lowest BCUT2D eigenvalue weighted by atomic mass is 10.1. The molecule has 0 aliphatic rings. The van der Waals surface area contributed by atoms with Gasteiger partial charge in [-0.2, -0.15) is 13.2 Å². The Morgan fingerprint density at radius 1 is 1.24 bits per heavy atom. The molecular weight excluding hydrogens is 309 g/mol. The van der Waals surface area contributed by atoms with Crippen molar-refractivity contribution in [1.82, 2.24) is 20.3 Å². The highest BCUT2D eigenvalue weighted by atomic mass is 35.5. The van der Waals surface area contributed by atoms with E-state index in [4.69, 9.17) is 11.6 Å². The van der Waals surface area contributed by atoms with Crippen molar-refractivity contribution in [3.63, 3.8) is 0 Å². The maximum Gasteiger partial charge on any atom is 0.451 e. The molecule has 0 aliphatic carbocycles. The summed E-state index contributed by atoms with van der Waals surface area (Å²) in [7, 11) is 0. The van der Waals surface area contributed by atoms with E-state index >= 15 is 0 Å². The van der Waals surface area contributed by atoms with Gasteiger partial charge in [-0.1, -0.05) is 11.6 Å². The quantitative estimate of drug-likeness (QED) is 0.695. The lowest BCUT2D eigenvalue weighted by Gasteiger charge is -2.07. The van der Waals surface area contributed by atoms with Crippen LogP contribution in [0, 0.1) is 0 Å². The van der Waals surface area contributed by atoms with Gasteiger partial charge in [0, 0.05) is 24.5 Å². The van der Waals surface area contributed by atoms with E-state index in [0.717, 1.165) is 12.4 Å². The van der Waals surface area contributed by atoms with Crippen LogP contribution in [0.15, 0.2) is 24.5 Å². The molecule has 0 aliphatic heterocycles. The van der Waals surface area contributed by atoms with E-state index in [1.54, 1.807) is 6.07 Å². The number of hydrogen-bond acceptors (Lipinski definition) is 4. The third-order valence-electron chi connectivity index (χ3n) is 2.44. The number of nitrogens with zero attached hydrogens (tertiary/aromatic N) is 3. The molecule has 2 heterocycles. The molecule has 0 saturated carbocycles. The summed E-state index contributed by atoms with van der Waals surface area (Å²) in [5, 5.41) is 2.60. The van der Waals surface area contributed by atoms with Crippen LogP contribution in [0.3, 0.4) is 0 Å². The number of carbonyl (C=O) groups is 1. The summed E-state index contributed by atoms with van der Waals surface area (Å²) in [6.07, 6.45) is -2.04. The number of hydrogen-bond donors (Lipinski definition) is 1. The van der Waals surface area contributed by atoms with Gasteiger partial charge < -0.3 is 5.32 Å². The van der Waals surface area contributed by atoms with Crippen LogP contribution in [-0.2, 0) is 17.5 Å². The Bertz CT molecular complexity index is 646. The van der Waals surface area contributed by atoms with E-state index in [2.05, 4.69) is 20.3 Å². The largest absolute Gasteiger partial charge is 0.451 e. The van der Waals surface area contributed by atoms with Crippen LogP contribution in [0.2, 0.25) is 5.15 Å². The summed E-state index contributed by atoms with van der Waals surface area (Å²) in [4.78, 5) is 20.8. The van der Waals surface area contributed by atoms with Gasteiger partial charge in [-0.05, 0) is 17.7 Å². The molecule has 0 bridgehead atoms. The van der Waals surface area contributed by atoms with Gasteiger partial charge in [0.05, 0.1) is 5.69 Å². The lowest BCUT2D eigenvalue weighted by molar-refractivity contribution is -0.145. The third kappa shape index (κ3) is 3.88. The minimum atomic E-state index is -4.60. The Hall–Kier alpha value is -2.22. The number of pyridine rings is 1. The molecule has 0 unspecified atom stereocenters. The SMILES string of the molecule is O=CNCc1cc(Cl)nc(-c2cnc(C(F)(F)F)nc2)c1. The summed E-state index contributed by atoms with van der Waals surface area (Å²) >= 11 is 5.83. The Kier molecular flexibility index (Phi) is 4.37. The minimum Gasteiger partial charge on any atom is -0.355 e. The summed E-state index contributed by atoms with van der Waals surface area (Å²) in [6, 6.07) is 3.11. The second-order valence-corrected chi connectivity index (χ2v) is 4.36. The average Bonchev–Trinajstić information content (AvgIpc) is 2.44. The molecule has 21 heavy (non-hydrogen) atoms. The predicted octanol–water partition coefficient (Wildman–Crippen LogP) is 2.46. The molecule has 0 saturated heterocycles. The van der Waals surface area contributed by atoms with Gasteiger partial charge in [0.25, 0.3) is 0 Å². The number of amides is 1. The molecule has 110 valence electrons. The molecule has 1 amide bonds. The number of carbonyl (C=O) groups excluding carboxylic acids is 1. The summed E-state index contributed by atoms with van der Waals surface area (Å²) in [6.45, 7) is 0.222. The Labute approximate surface area is 122 Å². The highest BCUT2D eigenvalue weighted by molar-refractivity contribution is 6.29. The highest BCUT2D eigenvalue weighted by Gasteiger charge is 2.34. The molecule has 2 rings (SSSR count). The van der Waals surface area contributed by atoms with Crippen LogP contribution in [0.4, 0.5) is 13.2 Å². The molecule has 0 spiro atoms. The summed E-state index contributed by atoms with van der Waals surface area (Å²) < 4.78 is 37.2. The van der Waals surface area contributed by atoms with Crippen molar-refractivity contribution in [1.29, 1.82) is 0 Å². The second kappa shape index (κ2) is 6.04. The van der Waals surface area contributed by atoms with E-state index in [1.807, 2.05) is 0 Å². The molecular formula is C12H8ClF3N4O. The van der Waals surface area contributed by atoms with Crippen LogP contribution in [0.25, 0.3) is 11.3 Å². The van der Waals surface area contributed by atoms with Crippen LogP contribution in [0.5, 0.6) is 0 Å². The average molecular weight is 317 g/mol. The van der Waals surface area contributed by atoms with Gasteiger partial charge in [-0.25, -0.2) is 15.0 Å². The Morgan fingerprint density at radius 2 is 1.90 bits per heavy atom. The fourth-order valence-corrected chi connectivity index (χ4v) is 1.80. The summed E-state index contributed by atoms with van der Waals surface area (Å²) in [5.41, 5.74) is 1.26. The first kappa shape index (κ1) is 15.2. The predicted molar refractivity (Wildman–Crippen MR) is 68.2 cm³/mol. The molecule has 5 nitrogen and oxygen atoms in total. The number of aromatic nitrogens is 3.